The number of unbranched alkanes of at least 4 members (excludes halogenated alkanes) is 1. The van der Waals surface area contributed by atoms with Crippen LogP contribution in [0.2, 0.25) is 5.02 Å². The van der Waals surface area contributed by atoms with Gasteiger partial charge in [-0.2, -0.15) is 0 Å². The minimum Gasteiger partial charge on any atom is -0.436 e. The number of fused-ring (bicyclic) bond motifs is 1. The maximum Gasteiger partial charge on any atom is 0.229 e. The van der Waals surface area contributed by atoms with E-state index in [-0.39, 0.29) is 5.91 Å². The van der Waals surface area contributed by atoms with Gasteiger partial charge in [0, 0.05) is 11.4 Å². The Labute approximate surface area is 139 Å². The standard InChI is InChI=1S/C18H17ClN2O2/c1-2-3-8-17(22)20-14-7-5-4-6-13(14)18-21-15-11-12(19)9-10-16(15)23-18/h4-7,9-11H,2-3,8H2,1H3,(H,20,22). The molecule has 118 valence electrons. The average molecular weight is 329 g/mol. The third kappa shape index (κ3) is 3.54. The predicted molar refractivity (Wildman–Crippen MR) is 92.6 cm³/mol. The van der Waals surface area contributed by atoms with Crippen LogP contribution < -0.4 is 5.32 Å². The SMILES string of the molecule is CCCCC(=O)Nc1ccccc1-c1nc2cc(Cl)ccc2o1. The zero-order valence-electron chi connectivity index (χ0n) is 12.8. The molecule has 0 spiro atoms. The fourth-order valence-electron chi connectivity index (χ4n) is 2.34. The Morgan fingerprint density at radius 3 is 2.91 bits per heavy atom. The molecule has 3 aromatic rings. The number of oxazole rings is 1. The largest absolute Gasteiger partial charge is 0.436 e. The summed E-state index contributed by atoms with van der Waals surface area (Å²) < 4.78 is 5.79. The zero-order valence-corrected chi connectivity index (χ0v) is 13.6. The number of anilines is 1. The fraction of sp³-hybridized carbons (Fsp3) is 0.222. The zero-order chi connectivity index (χ0) is 16.2. The summed E-state index contributed by atoms with van der Waals surface area (Å²) in [5, 5.41) is 3.54. The molecular formula is C18H17ClN2O2. The highest BCUT2D eigenvalue weighted by Crippen LogP contribution is 2.31. The molecule has 0 fully saturated rings. The van der Waals surface area contributed by atoms with Crippen molar-refractivity contribution in [3.05, 3.63) is 47.5 Å². The summed E-state index contributed by atoms with van der Waals surface area (Å²) in [5.74, 6) is 0.465. The summed E-state index contributed by atoms with van der Waals surface area (Å²) in [6.45, 7) is 2.06. The smallest absolute Gasteiger partial charge is 0.229 e. The minimum atomic E-state index is -0.00143. The highest BCUT2D eigenvalue weighted by atomic mass is 35.5. The summed E-state index contributed by atoms with van der Waals surface area (Å²) in [6, 6.07) is 12.8. The van der Waals surface area contributed by atoms with Crippen molar-refractivity contribution in [2.24, 2.45) is 0 Å². The number of para-hydroxylation sites is 1. The van der Waals surface area contributed by atoms with Crippen molar-refractivity contribution in [2.75, 3.05) is 5.32 Å². The van der Waals surface area contributed by atoms with E-state index in [2.05, 4.69) is 17.2 Å². The van der Waals surface area contributed by atoms with Crippen molar-refractivity contribution in [3.8, 4) is 11.5 Å². The first-order chi connectivity index (χ1) is 11.2. The summed E-state index contributed by atoms with van der Waals surface area (Å²) >= 11 is 5.98. The van der Waals surface area contributed by atoms with Crippen LogP contribution in [0.3, 0.4) is 0 Å². The van der Waals surface area contributed by atoms with Crippen LogP contribution in [0.4, 0.5) is 5.69 Å². The van der Waals surface area contributed by atoms with E-state index < -0.39 is 0 Å². The number of nitrogens with zero attached hydrogens (tertiary/aromatic N) is 1. The lowest BCUT2D eigenvalue weighted by Crippen LogP contribution is -2.11. The number of halogens is 1. The number of rotatable bonds is 5. The molecule has 0 aliphatic carbocycles. The number of hydrogen-bond acceptors (Lipinski definition) is 3. The number of hydrogen-bond donors (Lipinski definition) is 1. The van der Waals surface area contributed by atoms with Gasteiger partial charge in [0.05, 0.1) is 11.3 Å². The molecule has 2 aromatic carbocycles. The number of carbonyl (C=O) groups excluding carboxylic acids is 1. The second-order valence-electron chi connectivity index (χ2n) is 5.33. The third-order valence-corrected chi connectivity index (χ3v) is 3.77. The maximum atomic E-state index is 12.0. The van der Waals surface area contributed by atoms with Crippen LogP contribution in [-0.2, 0) is 4.79 Å². The lowest BCUT2D eigenvalue weighted by Gasteiger charge is -2.08. The second-order valence-corrected chi connectivity index (χ2v) is 5.76. The summed E-state index contributed by atoms with van der Waals surface area (Å²) in [4.78, 5) is 16.5. The number of nitrogens with one attached hydrogen (secondary N) is 1. The van der Waals surface area contributed by atoms with Gasteiger partial charge in [-0.1, -0.05) is 37.1 Å². The van der Waals surface area contributed by atoms with Crippen LogP contribution in [-0.4, -0.2) is 10.9 Å². The molecule has 5 heteroatoms. The van der Waals surface area contributed by atoms with Crippen molar-refractivity contribution in [3.63, 3.8) is 0 Å². The molecule has 0 saturated heterocycles. The Kier molecular flexibility index (Phi) is 4.63. The lowest BCUT2D eigenvalue weighted by molar-refractivity contribution is -0.116. The molecule has 3 rings (SSSR count). The first-order valence-electron chi connectivity index (χ1n) is 7.62. The molecule has 0 aliphatic heterocycles. The molecule has 23 heavy (non-hydrogen) atoms. The fourth-order valence-corrected chi connectivity index (χ4v) is 2.51. The van der Waals surface area contributed by atoms with Crippen molar-refractivity contribution in [1.29, 1.82) is 0 Å². The molecule has 4 nitrogen and oxygen atoms in total. The van der Waals surface area contributed by atoms with Crippen LogP contribution in [0.15, 0.2) is 46.9 Å². The van der Waals surface area contributed by atoms with E-state index in [1.165, 1.54) is 0 Å². The predicted octanol–water partition coefficient (Wildman–Crippen LogP) is 5.28. The molecule has 1 aromatic heterocycles. The third-order valence-electron chi connectivity index (χ3n) is 3.54. The Morgan fingerprint density at radius 1 is 1.26 bits per heavy atom. The van der Waals surface area contributed by atoms with Crippen LogP contribution in [0.1, 0.15) is 26.2 Å². The van der Waals surface area contributed by atoms with Gasteiger partial charge in [0.1, 0.15) is 5.52 Å². The van der Waals surface area contributed by atoms with Crippen LogP contribution in [0, 0.1) is 0 Å². The maximum absolute atomic E-state index is 12.0. The van der Waals surface area contributed by atoms with Gasteiger partial charge in [-0.3, -0.25) is 4.79 Å². The van der Waals surface area contributed by atoms with E-state index in [9.17, 15) is 4.79 Å². The van der Waals surface area contributed by atoms with Gasteiger partial charge in [0.2, 0.25) is 11.8 Å². The second kappa shape index (κ2) is 6.84. The molecule has 1 heterocycles. The Balaban J connectivity index is 1.93. The Hall–Kier alpha value is -2.33. The molecule has 1 amide bonds. The first-order valence-corrected chi connectivity index (χ1v) is 8.00. The van der Waals surface area contributed by atoms with Crippen molar-refractivity contribution in [2.45, 2.75) is 26.2 Å². The van der Waals surface area contributed by atoms with Crippen LogP contribution in [0.5, 0.6) is 0 Å². The van der Waals surface area contributed by atoms with Crippen molar-refractivity contribution in [1.82, 2.24) is 4.98 Å². The molecule has 0 radical (unpaired) electrons. The van der Waals surface area contributed by atoms with Gasteiger partial charge < -0.3 is 9.73 Å². The first kappa shape index (κ1) is 15.6. The summed E-state index contributed by atoms with van der Waals surface area (Å²) in [5.41, 5.74) is 2.81. The monoisotopic (exact) mass is 328 g/mol. The number of amides is 1. The minimum absolute atomic E-state index is 0.00143. The van der Waals surface area contributed by atoms with E-state index in [4.69, 9.17) is 16.0 Å². The summed E-state index contributed by atoms with van der Waals surface area (Å²) in [7, 11) is 0. The normalized spacial score (nSPS) is 10.9. The summed E-state index contributed by atoms with van der Waals surface area (Å²) in [6.07, 6.45) is 2.37. The van der Waals surface area contributed by atoms with Crippen LogP contribution in [0.25, 0.3) is 22.6 Å². The average Bonchev–Trinajstić information content (AvgIpc) is 2.96. The number of benzene rings is 2. The molecule has 0 aliphatic rings. The molecule has 0 atom stereocenters. The molecule has 0 unspecified atom stereocenters. The van der Waals surface area contributed by atoms with Gasteiger partial charge in [-0.15, -0.1) is 0 Å². The topological polar surface area (TPSA) is 55.1 Å². The van der Waals surface area contributed by atoms with E-state index in [0.29, 0.717) is 34.1 Å². The highest BCUT2D eigenvalue weighted by molar-refractivity contribution is 6.31. The van der Waals surface area contributed by atoms with Gasteiger partial charge in [-0.05, 0) is 36.8 Å². The quantitative estimate of drug-likeness (QED) is 0.693. The highest BCUT2D eigenvalue weighted by Gasteiger charge is 2.14. The van der Waals surface area contributed by atoms with E-state index >= 15 is 0 Å². The van der Waals surface area contributed by atoms with Crippen LogP contribution >= 0.6 is 11.6 Å². The van der Waals surface area contributed by atoms with E-state index in [1.54, 1.807) is 18.2 Å². The Morgan fingerprint density at radius 2 is 2.09 bits per heavy atom. The molecular weight excluding hydrogens is 312 g/mol. The Bertz CT molecular complexity index is 842. The van der Waals surface area contributed by atoms with Gasteiger partial charge >= 0.3 is 0 Å². The molecule has 0 saturated carbocycles. The van der Waals surface area contributed by atoms with E-state index in [1.807, 2.05) is 24.3 Å². The van der Waals surface area contributed by atoms with Crippen molar-refractivity contribution < 1.29 is 9.21 Å². The molecule has 1 N–H and O–H groups in total. The molecule has 0 bridgehead atoms. The van der Waals surface area contributed by atoms with Crippen molar-refractivity contribution >= 4 is 34.3 Å². The number of aromatic nitrogens is 1. The van der Waals surface area contributed by atoms with E-state index in [0.717, 1.165) is 18.4 Å². The lowest BCUT2D eigenvalue weighted by atomic mass is 10.1. The van der Waals surface area contributed by atoms with Gasteiger partial charge in [0.15, 0.2) is 5.58 Å². The van der Waals surface area contributed by atoms with Gasteiger partial charge in [-0.25, -0.2) is 4.98 Å². The van der Waals surface area contributed by atoms with Gasteiger partial charge in [0.25, 0.3) is 0 Å². The number of carbonyl (C=O) groups is 1.